The number of benzene rings is 3. The molecular weight excluding hydrogens is 366 g/mol. The van der Waals surface area contributed by atoms with E-state index < -0.39 is 0 Å². The second kappa shape index (κ2) is 10.0. The molecule has 29 heavy (non-hydrogen) atoms. The van der Waals surface area contributed by atoms with Gasteiger partial charge in [0.2, 0.25) is 0 Å². The molecule has 0 spiro atoms. The summed E-state index contributed by atoms with van der Waals surface area (Å²) in [6, 6.07) is 19.5. The van der Waals surface area contributed by atoms with Gasteiger partial charge in [-0.15, -0.1) is 0 Å². The van der Waals surface area contributed by atoms with E-state index in [0.717, 1.165) is 21.9 Å². The predicted molar refractivity (Wildman–Crippen MR) is 114 cm³/mol. The highest BCUT2D eigenvalue weighted by molar-refractivity contribution is 5.97. The molecule has 1 amide bonds. The van der Waals surface area contributed by atoms with Gasteiger partial charge in [0.05, 0.1) is 6.04 Å². The molecule has 5 nitrogen and oxygen atoms in total. The fourth-order valence-electron chi connectivity index (χ4n) is 3.45. The van der Waals surface area contributed by atoms with Crippen LogP contribution in [0.1, 0.15) is 40.9 Å². The molecule has 0 aliphatic carbocycles. The van der Waals surface area contributed by atoms with Crippen LogP contribution in [0.3, 0.4) is 0 Å². The Morgan fingerprint density at radius 1 is 1.10 bits per heavy atom. The molecule has 0 heterocycles. The molecule has 0 unspecified atom stereocenters. The number of hydrogen-bond acceptors (Lipinski definition) is 4. The molecule has 0 aliphatic heterocycles. The number of aliphatic hydroxyl groups is 1. The molecule has 3 aromatic rings. The molecule has 0 bridgehead atoms. The summed E-state index contributed by atoms with van der Waals surface area (Å²) in [5, 5.41) is 14.6. The van der Waals surface area contributed by atoms with Crippen molar-refractivity contribution in [3.63, 3.8) is 0 Å². The molecule has 0 radical (unpaired) electrons. The van der Waals surface area contributed by atoms with Crippen molar-refractivity contribution in [1.29, 1.82) is 0 Å². The van der Waals surface area contributed by atoms with Gasteiger partial charge in [-0.1, -0.05) is 48.5 Å². The van der Waals surface area contributed by atoms with Crippen LogP contribution in [-0.2, 0) is 11.2 Å². The van der Waals surface area contributed by atoms with Crippen LogP contribution in [0, 0.1) is 0 Å². The van der Waals surface area contributed by atoms with Crippen LogP contribution in [0.15, 0.2) is 60.7 Å². The lowest BCUT2D eigenvalue weighted by atomic mass is 9.98. The van der Waals surface area contributed by atoms with E-state index >= 15 is 0 Å². The van der Waals surface area contributed by atoms with E-state index in [1.165, 1.54) is 0 Å². The Bertz CT molecular complexity index is 965. The topological polar surface area (TPSA) is 67.8 Å². The van der Waals surface area contributed by atoms with Crippen molar-refractivity contribution < 1.29 is 19.4 Å². The minimum Gasteiger partial charge on any atom is -0.468 e. The van der Waals surface area contributed by atoms with E-state index in [2.05, 4.69) is 23.5 Å². The number of carbonyl (C=O) groups is 1. The molecular formula is C24H27NO4. The molecule has 1 atom stereocenters. The normalized spacial score (nSPS) is 12.0. The number of nitrogens with one attached hydrogen (secondary N) is 1. The van der Waals surface area contributed by atoms with Gasteiger partial charge >= 0.3 is 0 Å². The predicted octanol–water partition coefficient (Wildman–Crippen LogP) is 4.24. The molecule has 3 aromatic carbocycles. The number of hydrogen-bond donors (Lipinski definition) is 2. The summed E-state index contributed by atoms with van der Waals surface area (Å²) >= 11 is 0. The number of methoxy groups -OCH3 is 1. The highest BCUT2D eigenvalue weighted by atomic mass is 16.7. The van der Waals surface area contributed by atoms with E-state index in [1.807, 2.05) is 43.3 Å². The number of aryl methyl sites for hydroxylation is 1. The van der Waals surface area contributed by atoms with Gasteiger partial charge in [-0.2, -0.15) is 0 Å². The van der Waals surface area contributed by atoms with Gasteiger partial charge < -0.3 is 19.9 Å². The molecule has 0 saturated carbocycles. The Morgan fingerprint density at radius 3 is 2.69 bits per heavy atom. The minimum atomic E-state index is -0.166. The molecule has 0 saturated heterocycles. The van der Waals surface area contributed by atoms with Crippen molar-refractivity contribution in [3.05, 3.63) is 77.4 Å². The Labute approximate surface area is 171 Å². The van der Waals surface area contributed by atoms with Crippen molar-refractivity contribution in [1.82, 2.24) is 5.32 Å². The maximum atomic E-state index is 13.1. The van der Waals surface area contributed by atoms with Crippen LogP contribution in [-0.4, -0.2) is 31.5 Å². The second-order valence-corrected chi connectivity index (χ2v) is 6.96. The number of aliphatic hydroxyl groups excluding tert-OH is 1. The molecule has 3 rings (SSSR count). The van der Waals surface area contributed by atoms with E-state index in [1.54, 1.807) is 13.2 Å². The molecule has 0 aliphatic rings. The lowest BCUT2D eigenvalue weighted by Gasteiger charge is -2.18. The summed E-state index contributed by atoms with van der Waals surface area (Å²) in [6.45, 7) is 2.18. The third-order valence-corrected chi connectivity index (χ3v) is 4.91. The van der Waals surface area contributed by atoms with Crippen LogP contribution < -0.4 is 10.1 Å². The van der Waals surface area contributed by atoms with Gasteiger partial charge in [-0.25, -0.2) is 0 Å². The molecule has 5 heteroatoms. The van der Waals surface area contributed by atoms with Crippen LogP contribution in [0.4, 0.5) is 0 Å². The fourth-order valence-corrected chi connectivity index (χ4v) is 3.45. The Morgan fingerprint density at radius 2 is 1.90 bits per heavy atom. The van der Waals surface area contributed by atoms with Crippen LogP contribution >= 0.6 is 0 Å². The van der Waals surface area contributed by atoms with Crippen LogP contribution in [0.5, 0.6) is 5.75 Å². The van der Waals surface area contributed by atoms with E-state index in [0.29, 0.717) is 24.2 Å². The third-order valence-electron chi connectivity index (χ3n) is 4.91. The Kier molecular flexibility index (Phi) is 7.22. The van der Waals surface area contributed by atoms with Crippen molar-refractivity contribution in [2.75, 3.05) is 20.5 Å². The van der Waals surface area contributed by atoms with Gasteiger partial charge in [0.1, 0.15) is 5.75 Å². The second-order valence-electron chi connectivity index (χ2n) is 6.96. The number of rotatable bonds is 9. The maximum Gasteiger partial charge on any atom is 0.252 e. The zero-order valence-corrected chi connectivity index (χ0v) is 16.9. The van der Waals surface area contributed by atoms with E-state index in [-0.39, 0.29) is 25.3 Å². The van der Waals surface area contributed by atoms with Crippen molar-refractivity contribution in [3.8, 4) is 5.75 Å². The first kappa shape index (κ1) is 20.8. The van der Waals surface area contributed by atoms with Crippen LogP contribution in [0.25, 0.3) is 10.8 Å². The molecule has 152 valence electrons. The summed E-state index contributed by atoms with van der Waals surface area (Å²) < 4.78 is 10.4. The van der Waals surface area contributed by atoms with Gasteiger partial charge in [0.15, 0.2) is 6.79 Å². The summed E-state index contributed by atoms with van der Waals surface area (Å²) in [5.74, 6) is 0.406. The zero-order chi connectivity index (χ0) is 20.6. The van der Waals surface area contributed by atoms with Crippen molar-refractivity contribution in [2.24, 2.45) is 0 Å². The highest BCUT2D eigenvalue weighted by Gasteiger charge is 2.17. The maximum absolute atomic E-state index is 13.1. The molecule has 2 N–H and O–H groups in total. The summed E-state index contributed by atoms with van der Waals surface area (Å²) in [6.07, 6.45) is 1.21. The summed E-state index contributed by atoms with van der Waals surface area (Å²) in [7, 11) is 1.55. The number of carbonyl (C=O) groups excluding carboxylic acids is 1. The smallest absolute Gasteiger partial charge is 0.252 e. The average molecular weight is 393 g/mol. The van der Waals surface area contributed by atoms with Crippen molar-refractivity contribution >= 4 is 16.7 Å². The standard InChI is InChI=1S/C24H27NO4/c1-17(21-11-5-8-18-7-3-4-10-22(18)21)25-24(27)23-15-20(29-16-28-2)13-12-19(23)9-6-14-26/h3-5,7-8,10-13,15,17,26H,6,9,14,16H2,1-2H3,(H,25,27)/t17-/m1/s1. The lowest BCUT2D eigenvalue weighted by molar-refractivity contribution is 0.0510. The SMILES string of the molecule is COCOc1ccc(CCCO)c(C(=O)N[C@H](C)c2cccc3ccccc23)c1. The fraction of sp³-hybridized carbons (Fsp3) is 0.292. The molecule has 0 fully saturated rings. The Hall–Kier alpha value is -2.89. The number of ether oxygens (including phenoxy) is 2. The number of fused-ring (bicyclic) bond motifs is 1. The Balaban J connectivity index is 1.86. The largest absolute Gasteiger partial charge is 0.468 e. The average Bonchev–Trinajstić information content (AvgIpc) is 2.75. The highest BCUT2D eigenvalue weighted by Crippen LogP contribution is 2.25. The first-order valence-corrected chi connectivity index (χ1v) is 9.78. The first-order chi connectivity index (χ1) is 14.1. The monoisotopic (exact) mass is 393 g/mol. The van der Waals surface area contributed by atoms with Crippen LogP contribution in [0.2, 0.25) is 0 Å². The van der Waals surface area contributed by atoms with Crippen molar-refractivity contribution in [2.45, 2.75) is 25.8 Å². The number of amides is 1. The zero-order valence-electron chi connectivity index (χ0n) is 16.9. The quantitative estimate of drug-likeness (QED) is 0.534. The summed E-state index contributed by atoms with van der Waals surface area (Å²) in [4.78, 5) is 13.1. The third kappa shape index (κ3) is 5.13. The lowest BCUT2D eigenvalue weighted by Crippen LogP contribution is -2.27. The van der Waals surface area contributed by atoms with Gasteiger partial charge in [-0.3, -0.25) is 4.79 Å². The van der Waals surface area contributed by atoms with Gasteiger partial charge in [0.25, 0.3) is 5.91 Å². The minimum absolute atomic E-state index is 0.0788. The van der Waals surface area contributed by atoms with E-state index in [9.17, 15) is 9.90 Å². The first-order valence-electron chi connectivity index (χ1n) is 9.78. The van der Waals surface area contributed by atoms with E-state index in [4.69, 9.17) is 9.47 Å². The summed E-state index contributed by atoms with van der Waals surface area (Å²) in [5.41, 5.74) is 2.51. The molecule has 0 aromatic heterocycles. The van der Waals surface area contributed by atoms with Gasteiger partial charge in [0, 0.05) is 19.3 Å². The van der Waals surface area contributed by atoms with Gasteiger partial charge in [-0.05, 0) is 53.8 Å².